The van der Waals surface area contributed by atoms with Gasteiger partial charge in [-0.05, 0) is 55.2 Å². The van der Waals surface area contributed by atoms with Crippen LogP contribution in [0.5, 0.6) is 0 Å². The fraction of sp³-hybridized carbons (Fsp3) is 0.320. The van der Waals surface area contributed by atoms with Crippen LogP contribution in [0.1, 0.15) is 53.7 Å². The molecule has 3 aromatic rings. The number of rotatable bonds is 6. The lowest BCUT2D eigenvalue weighted by molar-refractivity contribution is -0.120. The Morgan fingerprint density at radius 3 is 2.52 bits per heavy atom. The standard InChI is InChI=1S/C25H28N4O2/c1-18-6-5-9-22(14-18)28-25(31)23-16-29(17-26-23)15-19-10-12-21(13-11-19)27-24(30)20-7-3-2-4-8-20/h5-6,9-14,16-17,20H,2-4,7-8,15H2,1H3,(H,27,30)(H,28,31). The average Bonchev–Trinajstić information content (AvgIpc) is 3.24. The monoisotopic (exact) mass is 416 g/mol. The molecule has 4 rings (SSSR count). The summed E-state index contributed by atoms with van der Waals surface area (Å²) in [6, 6.07) is 15.5. The van der Waals surface area contributed by atoms with Gasteiger partial charge in [0.2, 0.25) is 5.91 Å². The maximum absolute atomic E-state index is 12.4. The number of hydrogen-bond donors (Lipinski definition) is 2. The maximum Gasteiger partial charge on any atom is 0.275 e. The van der Waals surface area contributed by atoms with Gasteiger partial charge in [-0.1, -0.05) is 43.5 Å². The molecule has 0 aliphatic heterocycles. The molecule has 0 spiro atoms. The third-order valence-corrected chi connectivity index (χ3v) is 5.70. The first-order valence-electron chi connectivity index (χ1n) is 10.9. The third kappa shape index (κ3) is 5.60. The smallest absolute Gasteiger partial charge is 0.275 e. The lowest BCUT2D eigenvalue weighted by Crippen LogP contribution is -2.24. The van der Waals surface area contributed by atoms with Crippen molar-refractivity contribution in [2.75, 3.05) is 10.6 Å². The largest absolute Gasteiger partial charge is 0.332 e. The molecule has 2 amide bonds. The lowest BCUT2D eigenvalue weighted by atomic mass is 9.88. The molecule has 0 atom stereocenters. The fourth-order valence-electron chi connectivity index (χ4n) is 4.00. The summed E-state index contributed by atoms with van der Waals surface area (Å²) in [7, 11) is 0. The van der Waals surface area contributed by atoms with Crippen LogP contribution in [0.4, 0.5) is 11.4 Å². The van der Waals surface area contributed by atoms with Gasteiger partial charge in [-0.15, -0.1) is 0 Å². The number of imidazole rings is 1. The molecular weight excluding hydrogens is 388 g/mol. The van der Waals surface area contributed by atoms with E-state index < -0.39 is 0 Å². The van der Waals surface area contributed by atoms with Crippen LogP contribution < -0.4 is 10.6 Å². The van der Waals surface area contributed by atoms with Gasteiger partial charge in [-0.3, -0.25) is 9.59 Å². The molecule has 2 aromatic carbocycles. The van der Waals surface area contributed by atoms with Crippen molar-refractivity contribution in [1.82, 2.24) is 9.55 Å². The second-order valence-corrected chi connectivity index (χ2v) is 8.28. The summed E-state index contributed by atoms with van der Waals surface area (Å²) in [4.78, 5) is 29.1. The Balaban J connectivity index is 1.33. The minimum atomic E-state index is -0.231. The second-order valence-electron chi connectivity index (χ2n) is 8.28. The van der Waals surface area contributed by atoms with E-state index >= 15 is 0 Å². The van der Waals surface area contributed by atoms with Gasteiger partial charge in [-0.2, -0.15) is 0 Å². The molecule has 1 aliphatic carbocycles. The van der Waals surface area contributed by atoms with Crippen LogP contribution in [0, 0.1) is 12.8 Å². The van der Waals surface area contributed by atoms with E-state index in [1.165, 1.54) is 6.42 Å². The summed E-state index contributed by atoms with van der Waals surface area (Å²) in [5, 5.41) is 5.91. The van der Waals surface area contributed by atoms with Crippen molar-refractivity contribution in [3.63, 3.8) is 0 Å². The topological polar surface area (TPSA) is 76.0 Å². The fourth-order valence-corrected chi connectivity index (χ4v) is 4.00. The Labute approximate surface area is 182 Å². The van der Waals surface area contributed by atoms with E-state index in [0.717, 1.165) is 48.2 Å². The predicted molar refractivity (Wildman–Crippen MR) is 122 cm³/mol. The summed E-state index contributed by atoms with van der Waals surface area (Å²) in [6.45, 7) is 2.58. The number of aromatic nitrogens is 2. The highest BCUT2D eigenvalue weighted by atomic mass is 16.2. The molecule has 160 valence electrons. The summed E-state index contributed by atoms with van der Waals surface area (Å²) < 4.78 is 1.88. The van der Waals surface area contributed by atoms with Crippen molar-refractivity contribution in [2.24, 2.45) is 5.92 Å². The lowest BCUT2D eigenvalue weighted by Gasteiger charge is -2.20. The molecule has 2 N–H and O–H groups in total. The summed E-state index contributed by atoms with van der Waals surface area (Å²) in [5.41, 5.74) is 4.10. The van der Waals surface area contributed by atoms with Crippen LogP contribution in [-0.4, -0.2) is 21.4 Å². The summed E-state index contributed by atoms with van der Waals surface area (Å²) >= 11 is 0. The number of amides is 2. The number of hydrogen-bond acceptors (Lipinski definition) is 3. The normalized spacial score (nSPS) is 14.2. The van der Waals surface area contributed by atoms with Crippen LogP contribution in [-0.2, 0) is 11.3 Å². The van der Waals surface area contributed by atoms with Crippen LogP contribution >= 0.6 is 0 Å². The van der Waals surface area contributed by atoms with Crippen molar-refractivity contribution >= 4 is 23.2 Å². The molecule has 1 heterocycles. The summed E-state index contributed by atoms with van der Waals surface area (Å²) in [5.74, 6) is 0.0418. The van der Waals surface area contributed by atoms with E-state index in [1.54, 1.807) is 12.5 Å². The Hall–Kier alpha value is -3.41. The Bertz CT molecular complexity index is 1050. The molecule has 0 unspecified atom stereocenters. The minimum absolute atomic E-state index is 0.131. The minimum Gasteiger partial charge on any atom is -0.332 e. The number of nitrogens with zero attached hydrogens (tertiary/aromatic N) is 2. The first kappa shape index (κ1) is 20.8. The van der Waals surface area contributed by atoms with E-state index in [-0.39, 0.29) is 17.7 Å². The van der Waals surface area contributed by atoms with Gasteiger partial charge >= 0.3 is 0 Å². The first-order valence-corrected chi connectivity index (χ1v) is 10.9. The Morgan fingerprint density at radius 1 is 1.00 bits per heavy atom. The molecule has 6 nitrogen and oxygen atoms in total. The predicted octanol–water partition coefficient (Wildman–Crippen LogP) is 5.01. The highest BCUT2D eigenvalue weighted by Gasteiger charge is 2.21. The highest BCUT2D eigenvalue weighted by molar-refractivity contribution is 6.02. The van der Waals surface area contributed by atoms with E-state index in [1.807, 2.05) is 60.0 Å². The molecule has 0 saturated heterocycles. The van der Waals surface area contributed by atoms with E-state index in [4.69, 9.17) is 0 Å². The zero-order chi connectivity index (χ0) is 21.6. The number of aryl methyl sites for hydroxylation is 1. The Morgan fingerprint density at radius 2 is 1.77 bits per heavy atom. The van der Waals surface area contributed by atoms with Crippen molar-refractivity contribution in [2.45, 2.75) is 45.6 Å². The number of anilines is 2. The molecule has 1 fully saturated rings. The summed E-state index contributed by atoms with van der Waals surface area (Å²) in [6.07, 6.45) is 8.91. The quantitative estimate of drug-likeness (QED) is 0.593. The molecule has 31 heavy (non-hydrogen) atoms. The van der Waals surface area contributed by atoms with Crippen LogP contribution in [0.3, 0.4) is 0 Å². The van der Waals surface area contributed by atoms with Crippen LogP contribution in [0.25, 0.3) is 0 Å². The third-order valence-electron chi connectivity index (χ3n) is 5.70. The first-order chi connectivity index (χ1) is 15.1. The van der Waals surface area contributed by atoms with Gasteiger partial charge in [0.25, 0.3) is 5.91 Å². The van der Waals surface area contributed by atoms with E-state index in [0.29, 0.717) is 12.2 Å². The zero-order valence-electron chi connectivity index (χ0n) is 17.8. The molecule has 0 bridgehead atoms. The highest BCUT2D eigenvalue weighted by Crippen LogP contribution is 2.25. The van der Waals surface area contributed by atoms with Crippen LogP contribution in [0.15, 0.2) is 61.1 Å². The van der Waals surface area contributed by atoms with Crippen molar-refractivity contribution in [1.29, 1.82) is 0 Å². The van der Waals surface area contributed by atoms with Gasteiger partial charge in [0.05, 0.1) is 6.33 Å². The van der Waals surface area contributed by atoms with Gasteiger partial charge in [0.15, 0.2) is 0 Å². The second kappa shape index (κ2) is 9.60. The van der Waals surface area contributed by atoms with Crippen LogP contribution in [0.2, 0.25) is 0 Å². The van der Waals surface area contributed by atoms with Crippen molar-refractivity contribution in [3.8, 4) is 0 Å². The van der Waals surface area contributed by atoms with E-state index in [2.05, 4.69) is 15.6 Å². The molecule has 0 radical (unpaired) electrons. The van der Waals surface area contributed by atoms with Gasteiger partial charge < -0.3 is 15.2 Å². The zero-order valence-corrected chi connectivity index (χ0v) is 17.8. The van der Waals surface area contributed by atoms with Gasteiger partial charge in [0, 0.05) is 30.0 Å². The number of carbonyl (C=O) groups is 2. The SMILES string of the molecule is Cc1cccc(NC(=O)c2cn(Cc3ccc(NC(=O)C4CCCCC4)cc3)cn2)c1. The Kier molecular flexibility index (Phi) is 6.46. The maximum atomic E-state index is 12.4. The molecule has 6 heteroatoms. The molecule has 1 aromatic heterocycles. The van der Waals surface area contributed by atoms with Crippen molar-refractivity contribution in [3.05, 3.63) is 77.9 Å². The van der Waals surface area contributed by atoms with E-state index in [9.17, 15) is 9.59 Å². The number of benzene rings is 2. The molecular formula is C25H28N4O2. The van der Waals surface area contributed by atoms with Gasteiger partial charge in [-0.25, -0.2) is 4.98 Å². The van der Waals surface area contributed by atoms with Crippen molar-refractivity contribution < 1.29 is 9.59 Å². The molecule has 1 aliphatic rings. The molecule has 1 saturated carbocycles. The number of carbonyl (C=O) groups excluding carboxylic acids is 2. The average molecular weight is 417 g/mol. The number of nitrogens with one attached hydrogen (secondary N) is 2. The van der Waals surface area contributed by atoms with Gasteiger partial charge in [0.1, 0.15) is 5.69 Å².